The lowest BCUT2D eigenvalue weighted by atomic mass is 10.1. The van der Waals surface area contributed by atoms with Gasteiger partial charge in [-0.2, -0.15) is 0 Å². The van der Waals surface area contributed by atoms with Gasteiger partial charge in [0.05, 0.1) is 11.2 Å². The largest absolute Gasteiger partial charge is 0.322 e. The number of fused-ring (bicyclic) bond motifs is 1. The number of aryl methyl sites for hydroxylation is 1. The molecule has 114 valence electrons. The van der Waals surface area contributed by atoms with Crippen molar-refractivity contribution in [2.24, 2.45) is 0 Å². The topological polar surface area (TPSA) is 42.0 Å². The summed E-state index contributed by atoms with van der Waals surface area (Å²) in [7, 11) is 0. The molecule has 0 aliphatic heterocycles. The summed E-state index contributed by atoms with van der Waals surface area (Å²) in [4.78, 5) is 16.6. The Balaban J connectivity index is 1.81. The predicted octanol–water partition coefficient (Wildman–Crippen LogP) is 4.33. The number of hydrogen-bond donors (Lipinski definition) is 1. The summed E-state index contributed by atoms with van der Waals surface area (Å²) >= 11 is 0. The summed E-state index contributed by atoms with van der Waals surface area (Å²) in [5.74, 6) is -0.546. The third-order valence-electron chi connectivity index (χ3n) is 3.40. The van der Waals surface area contributed by atoms with Crippen molar-refractivity contribution in [2.45, 2.75) is 6.92 Å². The average Bonchev–Trinajstić information content (AvgIpc) is 2.54. The van der Waals surface area contributed by atoms with Crippen molar-refractivity contribution in [1.29, 1.82) is 0 Å². The lowest BCUT2D eigenvalue weighted by Gasteiger charge is -2.08. The molecule has 0 fully saturated rings. The molecule has 0 unspecified atom stereocenters. The second-order valence-corrected chi connectivity index (χ2v) is 5.20. The number of amides is 1. The minimum atomic E-state index is -0.301. The molecular weight excluding hydrogens is 291 g/mol. The standard InChI is InChI=1S/C19H15FN2O/c1-13-12-18(16-4-2-3-5-17(16)21-13)22-19(23)11-8-14-6-9-15(20)10-7-14/h2-12H,1H3,(H,21,22,23). The molecule has 3 nitrogen and oxygen atoms in total. The highest BCUT2D eigenvalue weighted by molar-refractivity contribution is 6.07. The van der Waals surface area contributed by atoms with E-state index in [2.05, 4.69) is 10.3 Å². The summed E-state index contributed by atoms with van der Waals surface area (Å²) in [5.41, 5.74) is 3.16. The van der Waals surface area contributed by atoms with Crippen molar-refractivity contribution < 1.29 is 9.18 Å². The number of carbonyl (C=O) groups is 1. The van der Waals surface area contributed by atoms with E-state index in [0.717, 1.165) is 27.8 Å². The number of halogens is 1. The van der Waals surface area contributed by atoms with Crippen LogP contribution in [0.1, 0.15) is 11.3 Å². The van der Waals surface area contributed by atoms with Gasteiger partial charge in [-0.05, 0) is 42.8 Å². The first-order valence-electron chi connectivity index (χ1n) is 7.23. The number of nitrogens with zero attached hydrogens (tertiary/aromatic N) is 1. The van der Waals surface area contributed by atoms with Crippen molar-refractivity contribution >= 4 is 28.6 Å². The fraction of sp³-hybridized carbons (Fsp3) is 0.0526. The Kier molecular flexibility index (Phi) is 4.15. The van der Waals surface area contributed by atoms with Crippen LogP contribution in [0.15, 0.2) is 60.7 Å². The first kappa shape index (κ1) is 14.9. The Bertz CT molecular complexity index is 886. The SMILES string of the molecule is Cc1cc(NC(=O)C=Cc2ccc(F)cc2)c2ccccc2n1. The van der Waals surface area contributed by atoms with Crippen LogP contribution in [-0.4, -0.2) is 10.9 Å². The van der Waals surface area contributed by atoms with Crippen molar-refractivity contribution in [3.8, 4) is 0 Å². The molecular formula is C19H15FN2O. The third-order valence-corrected chi connectivity index (χ3v) is 3.40. The number of hydrogen-bond acceptors (Lipinski definition) is 2. The van der Waals surface area contributed by atoms with Crippen LogP contribution in [0.25, 0.3) is 17.0 Å². The zero-order chi connectivity index (χ0) is 16.2. The Hall–Kier alpha value is -3.01. The quantitative estimate of drug-likeness (QED) is 0.732. The molecule has 0 spiro atoms. The number of aromatic nitrogens is 1. The van der Waals surface area contributed by atoms with Crippen LogP contribution in [-0.2, 0) is 4.79 Å². The maximum absolute atomic E-state index is 12.8. The number of benzene rings is 2. The minimum absolute atomic E-state index is 0.245. The minimum Gasteiger partial charge on any atom is -0.322 e. The fourth-order valence-corrected chi connectivity index (χ4v) is 2.33. The van der Waals surface area contributed by atoms with Crippen molar-refractivity contribution in [2.75, 3.05) is 5.32 Å². The molecule has 0 radical (unpaired) electrons. The molecule has 4 heteroatoms. The average molecular weight is 306 g/mol. The monoisotopic (exact) mass is 306 g/mol. The summed E-state index contributed by atoms with van der Waals surface area (Å²) in [5, 5.41) is 3.76. The van der Waals surface area contributed by atoms with Crippen LogP contribution >= 0.6 is 0 Å². The summed E-state index contributed by atoms with van der Waals surface area (Å²) in [6.45, 7) is 1.89. The molecule has 3 rings (SSSR count). The van der Waals surface area contributed by atoms with Crippen LogP contribution in [0.3, 0.4) is 0 Å². The fourth-order valence-electron chi connectivity index (χ4n) is 2.33. The smallest absolute Gasteiger partial charge is 0.248 e. The Morgan fingerprint density at radius 3 is 2.65 bits per heavy atom. The van der Waals surface area contributed by atoms with E-state index in [1.165, 1.54) is 18.2 Å². The molecule has 0 aliphatic carbocycles. The first-order valence-corrected chi connectivity index (χ1v) is 7.23. The van der Waals surface area contributed by atoms with E-state index >= 15 is 0 Å². The Morgan fingerprint density at radius 2 is 1.87 bits per heavy atom. The Morgan fingerprint density at radius 1 is 1.13 bits per heavy atom. The highest BCUT2D eigenvalue weighted by Crippen LogP contribution is 2.22. The van der Waals surface area contributed by atoms with E-state index in [0.29, 0.717) is 0 Å². The molecule has 0 saturated heterocycles. The van der Waals surface area contributed by atoms with E-state index in [4.69, 9.17) is 0 Å². The molecule has 1 aromatic heterocycles. The van der Waals surface area contributed by atoms with E-state index in [1.54, 1.807) is 18.2 Å². The molecule has 1 amide bonds. The molecule has 23 heavy (non-hydrogen) atoms. The molecule has 2 aromatic carbocycles. The van der Waals surface area contributed by atoms with E-state index in [9.17, 15) is 9.18 Å². The molecule has 3 aromatic rings. The van der Waals surface area contributed by atoms with Crippen LogP contribution in [0.2, 0.25) is 0 Å². The number of pyridine rings is 1. The van der Waals surface area contributed by atoms with Gasteiger partial charge in [0.2, 0.25) is 5.91 Å². The van der Waals surface area contributed by atoms with Gasteiger partial charge in [0.1, 0.15) is 5.82 Å². The highest BCUT2D eigenvalue weighted by atomic mass is 19.1. The van der Waals surface area contributed by atoms with Gasteiger partial charge >= 0.3 is 0 Å². The third kappa shape index (κ3) is 3.61. The number of carbonyl (C=O) groups excluding carboxylic acids is 1. The number of para-hydroxylation sites is 1. The summed E-state index contributed by atoms with van der Waals surface area (Å²) in [6, 6.07) is 15.4. The second-order valence-electron chi connectivity index (χ2n) is 5.20. The maximum Gasteiger partial charge on any atom is 0.248 e. The number of nitrogens with one attached hydrogen (secondary N) is 1. The molecule has 0 bridgehead atoms. The summed E-state index contributed by atoms with van der Waals surface area (Å²) < 4.78 is 12.8. The van der Waals surface area contributed by atoms with Crippen LogP contribution in [0.4, 0.5) is 10.1 Å². The maximum atomic E-state index is 12.8. The van der Waals surface area contributed by atoms with Gasteiger partial charge < -0.3 is 5.32 Å². The van der Waals surface area contributed by atoms with Gasteiger partial charge in [0.15, 0.2) is 0 Å². The Labute approximate surface area is 133 Å². The molecule has 1 heterocycles. The zero-order valence-corrected chi connectivity index (χ0v) is 12.6. The van der Waals surface area contributed by atoms with Crippen molar-refractivity contribution in [3.63, 3.8) is 0 Å². The normalized spacial score (nSPS) is 11.0. The predicted molar refractivity (Wildman–Crippen MR) is 90.5 cm³/mol. The zero-order valence-electron chi connectivity index (χ0n) is 12.6. The molecule has 1 N–H and O–H groups in total. The van der Waals surface area contributed by atoms with E-state index in [-0.39, 0.29) is 11.7 Å². The molecule has 0 saturated carbocycles. The lowest BCUT2D eigenvalue weighted by Crippen LogP contribution is -2.08. The second kappa shape index (κ2) is 6.40. The molecule has 0 atom stereocenters. The van der Waals surface area contributed by atoms with Gasteiger partial charge in [0.25, 0.3) is 0 Å². The van der Waals surface area contributed by atoms with Gasteiger partial charge in [-0.25, -0.2) is 4.39 Å². The van der Waals surface area contributed by atoms with Gasteiger partial charge in [-0.3, -0.25) is 9.78 Å². The number of anilines is 1. The highest BCUT2D eigenvalue weighted by Gasteiger charge is 2.05. The van der Waals surface area contributed by atoms with Gasteiger partial charge in [-0.15, -0.1) is 0 Å². The van der Waals surface area contributed by atoms with Gasteiger partial charge in [0, 0.05) is 17.2 Å². The van der Waals surface area contributed by atoms with Gasteiger partial charge in [-0.1, -0.05) is 30.3 Å². The molecule has 0 aliphatic rings. The van der Waals surface area contributed by atoms with Crippen LogP contribution in [0.5, 0.6) is 0 Å². The van der Waals surface area contributed by atoms with Crippen molar-refractivity contribution in [1.82, 2.24) is 4.98 Å². The van der Waals surface area contributed by atoms with E-state index in [1.807, 2.05) is 37.3 Å². The van der Waals surface area contributed by atoms with Crippen LogP contribution in [0, 0.1) is 12.7 Å². The summed E-state index contributed by atoms with van der Waals surface area (Å²) in [6.07, 6.45) is 3.07. The lowest BCUT2D eigenvalue weighted by molar-refractivity contribution is -0.111. The first-order chi connectivity index (χ1) is 11.1. The van der Waals surface area contributed by atoms with Crippen LogP contribution < -0.4 is 5.32 Å². The van der Waals surface area contributed by atoms with Crippen molar-refractivity contribution in [3.05, 3.63) is 77.7 Å². The van der Waals surface area contributed by atoms with E-state index < -0.39 is 0 Å². The number of rotatable bonds is 3.